The van der Waals surface area contributed by atoms with E-state index in [9.17, 15) is 9.59 Å². The number of nitrogens with one attached hydrogen (secondary N) is 2. The molecule has 0 atom stereocenters. The number of thiophene rings is 1. The topological polar surface area (TPSA) is 110 Å². The van der Waals surface area contributed by atoms with E-state index < -0.39 is 5.97 Å². The standard InChI is InChI=1S/C16H15N5O3S/c1-2-24-16(23)11-8-12(10-6-4-3-5-7-10)25-15(11)17-14(22)9-13-18-20-21-19-13/h3-8H,2,9H2,1H3,(H,17,22)(H,18,19,20,21). The molecule has 9 heteroatoms. The van der Waals surface area contributed by atoms with Gasteiger partial charge < -0.3 is 10.1 Å². The van der Waals surface area contributed by atoms with E-state index in [1.54, 1.807) is 13.0 Å². The van der Waals surface area contributed by atoms with Crippen LogP contribution in [0.2, 0.25) is 0 Å². The van der Waals surface area contributed by atoms with Crippen molar-refractivity contribution in [1.82, 2.24) is 20.6 Å². The van der Waals surface area contributed by atoms with Crippen molar-refractivity contribution in [2.24, 2.45) is 0 Å². The Bertz CT molecular complexity index is 861. The summed E-state index contributed by atoms with van der Waals surface area (Å²) in [4.78, 5) is 25.2. The molecule has 0 aliphatic heterocycles. The van der Waals surface area contributed by atoms with Gasteiger partial charge in [-0.05, 0) is 18.6 Å². The molecular formula is C16H15N5O3S. The number of hydrogen-bond donors (Lipinski definition) is 2. The van der Waals surface area contributed by atoms with E-state index in [1.807, 2.05) is 30.3 Å². The molecule has 0 saturated carbocycles. The van der Waals surface area contributed by atoms with E-state index in [1.165, 1.54) is 11.3 Å². The highest BCUT2D eigenvalue weighted by atomic mass is 32.1. The molecule has 2 N–H and O–H groups in total. The number of benzene rings is 1. The van der Waals surface area contributed by atoms with Crippen molar-refractivity contribution in [3.8, 4) is 10.4 Å². The third kappa shape index (κ3) is 4.07. The molecule has 0 spiro atoms. The number of carbonyl (C=O) groups excluding carboxylic acids is 2. The fourth-order valence-electron chi connectivity index (χ4n) is 2.16. The zero-order valence-corrected chi connectivity index (χ0v) is 14.2. The van der Waals surface area contributed by atoms with Gasteiger partial charge in [-0.2, -0.15) is 5.21 Å². The van der Waals surface area contributed by atoms with E-state index in [2.05, 4.69) is 25.9 Å². The number of H-pyrrole nitrogens is 1. The number of ether oxygens (including phenoxy) is 1. The van der Waals surface area contributed by atoms with Crippen molar-refractivity contribution in [3.63, 3.8) is 0 Å². The van der Waals surface area contributed by atoms with Crippen LogP contribution < -0.4 is 5.32 Å². The summed E-state index contributed by atoms with van der Waals surface area (Å²) in [6, 6.07) is 11.3. The second kappa shape index (κ2) is 7.67. The number of esters is 1. The van der Waals surface area contributed by atoms with Crippen LogP contribution in [0.3, 0.4) is 0 Å². The summed E-state index contributed by atoms with van der Waals surface area (Å²) in [5, 5.41) is 16.4. The molecule has 8 nitrogen and oxygen atoms in total. The Morgan fingerprint density at radius 2 is 2.08 bits per heavy atom. The Labute approximate surface area is 147 Å². The molecule has 0 unspecified atom stereocenters. The molecule has 2 aromatic heterocycles. The molecule has 1 aromatic carbocycles. The highest BCUT2D eigenvalue weighted by Gasteiger charge is 2.20. The molecule has 3 rings (SSSR count). The lowest BCUT2D eigenvalue weighted by molar-refractivity contribution is -0.115. The van der Waals surface area contributed by atoms with Crippen LogP contribution in [0.5, 0.6) is 0 Å². The lowest BCUT2D eigenvalue weighted by Crippen LogP contribution is -2.16. The van der Waals surface area contributed by atoms with Crippen LogP contribution in [0, 0.1) is 0 Å². The lowest BCUT2D eigenvalue weighted by atomic mass is 10.1. The molecule has 2 heterocycles. The summed E-state index contributed by atoms with van der Waals surface area (Å²) >= 11 is 1.31. The SMILES string of the molecule is CCOC(=O)c1cc(-c2ccccc2)sc1NC(=O)Cc1nn[nH]n1. The number of rotatable bonds is 6. The first kappa shape index (κ1) is 16.8. The second-order valence-corrected chi connectivity index (χ2v) is 6.05. The average molecular weight is 357 g/mol. The minimum atomic E-state index is -0.476. The minimum absolute atomic E-state index is 0.0443. The van der Waals surface area contributed by atoms with Crippen LogP contribution in [0.4, 0.5) is 5.00 Å². The van der Waals surface area contributed by atoms with Gasteiger partial charge in [0, 0.05) is 4.88 Å². The summed E-state index contributed by atoms with van der Waals surface area (Å²) in [6.07, 6.45) is -0.0443. The maximum atomic E-state index is 12.2. The maximum absolute atomic E-state index is 12.2. The van der Waals surface area contributed by atoms with Crippen LogP contribution in [0.15, 0.2) is 36.4 Å². The van der Waals surface area contributed by atoms with Crippen molar-refractivity contribution in [2.75, 3.05) is 11.9 Å². The number of hydrogen-bond acceptors (Lipinski definition) is 7. The summed E-state index contributed by atoms with van der Waals surface area (Å²) in [5.41, 5.74) is 1.28. The van der Waals surface area contributed by atoms with E-state index in [0.29, 0.717) is 10.6 Å². The molecule has 0 aliphatic rings. The van der Waals surface area contributed by atoms with E-state index in [-0.39, 0.29) is 24.8 Å². The van der Waals surface area contributed by atoms with E-state index in [0.717, 1.165) is 10.4 Å². The van der Waals surface area contributed by atoms with Gasteiger partial charge in [0.2, 0.25) is 5.91 Å². The van der Waals surface area contributed by atoms with Crippen LogP contribution in [0.1, 0.15) is 23.1 Å². The summed E-state index contributed by atoms with van der Waals surface area (Å²) < 4.78 is 5.08. The first-order valence-electron chi connectivity index (χ1n) is 7.56. The molecule has 128 valence electrons. The third-order valence-electron chi connectivity index (χ3n) is 3.25. The van der Waals surface area contributed by atoms with Crippen molar-refractivity contribution in [2.45, 2.75) is 13.3 Å². The predicted octanol–water partition coefficient (Wildman–Crippen LogP) is 2.29. The molecular weight excluding hydrogens is 342 g/mol. The first-order chi connectivity index (χ1) is 12.2. The van der Waals surface area contributed by atoms with E-state index >= 15 is 0 Å². The van der Waals surface area contributed by atoms with Gasteiger partial charge in [-0.15, -0.1) is 21.5 Å². The summed E-state index contributed by atoms with van der Waals surface area (Å²) in [7, 11) is 0. The zero-order valence-electron chi connectivity index (χ0n) is 13.4. The van der Waals surface area contributed by atoms with Gasteiger partial charge in [0.1, 0.15) is 5.00 Å². The normalized spacial score (nSPS) is 10.4. The largest absolute Gasteiger partial charge is 0.462 e. The third-order valence-corrected chi connectivity index (χ3v) is 4.35. The molecule has 0 fully saturated rings. The monoisotopic (exact) mass is 357 g/mol. The Hall–Kier alpha value is -3.07. The first-order valence-corrected chi connectivity index (χ1v) is 8.37. The molecule has 0 aliphatic carbocycles. The van der Waals surface area contributed by atoms with Gasteiger partial charge in [-0.3, -0.25) is 4.79 Å². The summed E-state index contributed by atoms with van der Waals surface area (Å²) in [5.74, 6) is -0.542. The maximum Gasteiger partial charge on any atom is 0.341 e. The van der Waals surface area contributed by atoms with Crippen molar-refractivity contribution < 1.29 is 14.3 Å². The minimum Gasteiger partial charge on any atom is -0.462 e. The smallest absolute Gasteiger partial charge is 0.341 e. The molecule has 3 aromatic rings. The second-order valence-electron chi connectivity index (χ2n) is 4.99. The Balaban J connectivity index is 1.86. The lowest BCUT2D eigenvalue weighted by Gasteiger charge is -2.04. The number of amides is 1. The van der Waals surface area contributed by atoms with Crippen molar-refractivity contribution >= 4 is 28.2 Å². The fourth-order valence-corrected chi connectivity index (χ4v) is 3.23. The van der Waals surface area contributed by atoms with Gasteiger partial charge in [0.25, 0.3) is 0 Å². The molecule has 0 saturated heterocycles. The highest BCUT2D eigenvalue weighted by molar-refractivity contribution is 7.20. The number of aromatic amines is 1. The van der Waals surface area contributed by atoms with Crippen LogP contribution in [-0.4, -0.2) is 39.1 Å². The number of tetrazole rings is 1. The number of anilines is 1. The highest BCUT2D eigenvalue weighted by Crippen LogP contribution is 2.35. The predicted molar refractivity (Wildman–Crippen MR) is 92.2 cm³/mol. The average Bonchev–Trinajstić information content (AvgIpc) is 3.26. The zero-order chi connectivity index (χ0) is 17.6. The molecule has 0 radical (unpaired) electrons. The molecule has 1 amide bonds. The van der Waals surface area contributed by atoms with Gasteiger partial charge in [0.15, 0.2) is 5.82 Å². The van der Waals surface area contributed by atoms with Crippen LogP contribution in [-0.2, 0) is 16.0 Å². The van der Waals surface area contributed by atoms with Crippen LogP contribution in [0.25, 0.3) is 10.4 Å². The van der Waals surface area contributed by atoms with Crippen LogP contribution >= 0.6 is 11.3 Å². The summed E-state index contributed by atoms with van der Waals surface area (Å²) in [6.45, 7) is 1.99. The van der Waals surface area contributed by atoms with Crippen molar-refractivity contribution in [1.29, 1.82) is 0 Å². The Morgan fingerprint density at radius 1 is 1.28 bits per heavy atom. The number of nitrogens with zero attached hydrogens (tertiary/aromatic N) is 3. The fraction of sp³-hybridized carbons (Fsp3) is 0.188. The number of carbonyl (C=O) groups is 2. The Morgan fingerprint density at radius 3 is 2.76 bits per heavy atom. The van der Waals surface area contributed by atoms with Crippen molar-refractivity contribution in [3.05, 3.63) is 47.8 Å². The molecule has 0 bridgehead atoms. The van der Waals surface area contributed by atoms with Gasteiger partial charge in [-0.1, -0.05) is 35.5 Å². The Kier molecular flexibility index (Phi) is 5.14. The van der Waals surface area contributed by atoms with Gasteiger partial charge in [0.05, 0.1) is 18.6 Å². The quantitative estimate of drug-likeness (QED) is 0.655. The number of aromatic nitrogens is 4. The van der Waals surface area contributed by atoms with Gasteiger partial charge >= 0.3 is 5.97 Å². The molecule has 25 heavy (non-hydrogen) atoms. The van der Waals surface area contributed by atoms with E-state index in [4.69, 9.17) is 4.74 Å². The van der Waals surface area contributed by atoms with Gasteiger partial charge in [-0.25, -0.2) is 4.79 Å².